The van der Waals surface area contributed by atoms with E-state index in [0.717, 1.165) is 0 Å². The molecule has 0 saturated heterocycles. The molecule has 0 heterocycles. The molecule has 4 nitrogen and oxygen atoms in total. The second-order valence-corrected chi connectivity index (χ2v) is 5.34. The van der Waals surface area contributed by atoms with E-state index in [-0.39, 0.29) is 17.8 Å². The molecule has 0 bridgehead atoms. The van der Waals surface area contributed by atoms with Gasteiger partial charge in [0.2, 0.25) is 5.91 Å². The van der Waals surface area contributed by atoms with Crippen LogP contribution in [0.25, 0.3) is 0 Å². The van der Waals surface area contributed by atoms with E-state index >= 15 is 0 Å². The van der Waals surface area contributed by atoms with E-state index in [4.69, 9.17) is 4.74 Å². The van der Waals surface area contributed by atoms with E-state index in [9.17, 15) is 9.59 Å². The molecule has 0 aliphatic heterocycles. The highest BCUT2D eigenvalue weighted by Gasteiger charge is 2.54. The van der Waals surface area contributed by atoms with Crippen LogP contribution in [0.2, 0.25) is 0 Å². The molecule has 4 heteroatoms. The van der Waals surface area contributed by atoms with Crippen molar-refractivity contribution in [2.75, 3.05) is 13.2 Å². The first kappa shape index (κ1) is 13.4. The van der Waals surface area contributed by atoms with Gasteiger partial charge in [-0.2, -0.15) is 0 Å². The van der Waals surface area contributed by atoms with E-state index in [1.807, 2.05) is 0 Å². The van der Waals surface area contributed by atoms with Crippen LogP contribution in [0.5, 0.6) is 0 Å². The highest BCUT2D eigenvalue weighted by atomic mass is 16.5. The van der Waals surface area contributed by atoms with Crippen molar-refractivity contribution in [1.29, 1.82) is 0 Å². The first-order valence-corrected chi connectivity index (χ1v) is 7.17. The molecule has 1 amide bonds. The summed E-state index contributed by atoms with van der Waals surface area (Å²) in [6, 6.07) is 0. The van der Waals surface area contributed by atoms with Crippen LogP contribution >= 0.6 is 0 Å². The van der Waals surface area contributed by atoms with Crippen LogP contribution in [0, 0.1) is 17.8 Å². The van der Waals surface area contributed by atoms with Crippen molar-refractivity contribution < 1.29 is 14.3 Å². The molecular weight excluding hydrogens is 230 g/mol. The van der Waals surface area contributed by atoms with Gasteiger partial charge in [0.1, 0.15) is 0 Å². The number of hydrogen-bond donors (Lipinski definition) is 1. The molecule has 2 unspecified atom stereocenters. The average molecular weight is 253 g/mol. The fourth-order valence-electron chi connectivity index (χ4n) is 3.18. The van der Waals surface area contributed by atoms with Crippen molar-refractivity contribution >= 4 is 11.9 Å². The third-order valence-electron chi connectivity index (χ3n) is 4.12. The zero-order chi connectivity index (χ0) is 13.0. The normalized spacial score (nSPS) is 29.3. The van der Waals surface area contributed by atoms with Gasteiger partial charge in [-0.1, -0.05) is 12.8 Å². The molecule has 0 aromatic rings. The van der Waals surface area contributed by atoms with Crippen LogP contribution in [0.1, 0.15) is 45.4 Å². The van der Waals surface area contributed by atoms with Crippen molar-refractivity contribution in [3.8, 4) is 0 Å². The number of hydrogen-bond acceptors (Lipinski definition) is 3. The number of fused-ring (bicyclic) bond motifs is 1. The summed E-state index contributed by atoms with van der Waals surface area (Å²) in [6.07, 6.45) is 6.09. The molecule has 2 aliphatic rings. The first-order valence-electron chi connectivity index (χ1n) is 7.17. The van der Waals surface area contributed by atoms with Gasteiger partial charge in [-0.3, -0.25) is 9.59 Å². The van der Waals surface area contributed by atoms with Crippen molar-refractivity contribution in [2.24, 2.45) is 17.8 Å². The molecule has 2 atom stereocenters. The maximum Gasteiger partial charge on any atom is 0.305 e. The minimum absolute atomic E-state index is 0.174. The summed E-state index contributed by atoms with van der Waals surface area (Å²) < 4.78 is 4.83. The molecule has 0 spiro atoms. The Morgan fingerprint density at radius 3 is 2.50 bits per heavy atom. The molecule has 2 fully saturated rings. The SMILES string of the molecule is CCOC(=O)CCCNC(=O)C1C2CCCCC21. The molecule has 2 rings (SSSR count). The fraction of sp³-hybridized carbons (Fsp3) is 0.857. The van der Waals surface area contributed by atoms with E-state index in [1.54, 1.807) is 6.92 Å². The van der Waals surface area contributed by atoms with Crippen LogP contribution in [-0.4, -0.2) is 25.0 Å². The zero-order valence-corrected chi connectivity index (χ0v) is 11.1. The summed E-state index contributed by atoms with van der Waals surface area (Å²) in [5, 5.41) is 2.95. The molecule has 18 heavy (non-hydrogen) atoms. The number of amides is 1. The molecule has 0 aromatic heterocycles. The summed E-state index contributed by atoms with van der Waals surface area (Å²) in [7, 11) is 0. The smallest absolute Gasteiger partial charge is 0.305 e. The summed E-state index contributed by atoms with van der Waals surface area (Å²) >= 11 is 0. The summed E-state index contributed by atoms with van der Waals surface area (Å²) in [4.78, 5) is 23.0. The second kappa shape index (κ2) is 6.21. The Morgan fingerprint density at radius 1 is 1.22 bits per heavy atom. The second-order valence-electron chi connectivity index (χ2n) is 5.34. The van der Waals surface area contributed by atoms with E-state index in [2.05, 4.69) is 5.32 Å². The Hall–Kier alpha value is -1.06. The van der Waals surface area contributed by atoms with Crippen LogP contribution in [0.15, 0.2) is 0 Å². The van der Waals surface area contributed by atoms with Gasteiger partial charge < -0.3 is 10.1 Å². The van der Waals surface area contributed by atoms with Gasteiger partial charge in [-0.05, 0) is 38.0 Å². The Balaban J connectivity index is 1.57. The number of nitrogens with one attached hydrogen (secondary N) is 1. The van der Waals surface area contributed by atoms with Gasteiger partial charge in [-0.15, -0.1) is 0 Å². The quantitative estimate of drug-likeness (QED) is 0.581. The Morgan fingerprint density at radius 2 is 1.89 bits per heavy atom. The first-order chi connectivity index (χ1) is 8.74. The molecule has 2 saturated carbocycles. The van der Waals surface area contributed by atoms with Crippen LogP contribution in [0.3, 0.4) is 0 Å². The maximum absolute atomic E-state index is 11.9. The van der Waals surface area contributed by atoms with Crippen molar-refractivity contribution in [3.63, 3.8) is 0 Å². The number of esters is 1. The Bertz CT molecular complexity index is 304. The molecule has 2 aliphatic carbocycles. The van der Waals surface area contributed by atoms with E-state index < -0.39 is 0 Å². The Labute approximate surface area is 108 Å². The van der Waals surface area contributed by atoms with Crippen molar-refractivity contribution in [3.05, 3.63) is 0 Å². The highest BCUT2D eigenvalue weighted by Crippen LogP contribution is 2.55. The average Bonchev–Trinajstić information content (AvgIpc) is 3.09. The molecule has 102 valence electrons. The molecule has 0 radical (unpaired) electrons. The number of rotatable bonds is 6. The summed E-state index contributed by atoms with van der Waals surface area (Å²) in [5.41, 5.74) is 0. The number of ether oxygens (including phenoxy) is 1. The lowest BCUT2D eigenvalue weighted by Gasteiger charge is -2.04. The van der Waals surface area contributed by atoms with Gasteiger partial charge >= 0.3 is 5.97 Å². The minimum atomic E-state index is -0.174. The third kappa shape index (κ3) is 3.24. The maximum atomic E-state index is 11.9. The van der Waals surface area contributed by atoms with Crippen molar-refractivity contribution in [2.45, 2.75) is 45.4 Å². The van der Waals surface area contributed by atoms with Crippen molar-refractivity contribution in [1.82, 2.24) is 5.32 Å². The monoisotopic (exact) mass is 253 g/mol. The third-order valence-corrected chi connectivity index (χ3v) is 4.12. The van der Waals surface area contributed by atoms with Gasteiger partial charge in [0.15, 0.2) is 0 Å². The predicted molar refractivity (Wildman–Crippen MR) is 67.8 cm³/mol. The number of carbonyl (C=O) groups excluding carboxylic acids is 2. The fourth-order valence-corrected chi connectivity index (χ4v) is 3.18. The van der Waals surface area contributed by atoms with Gasteiger partial charge in [-0.25, -0.2) is 0 Å². The van der Waals surface area contributed by atoms with E-state index in [1.165, 1.54) is 25.7 Å². The van der Waals surface area contributed by atoms with Gasteiger partial charge in [0.25, 0.3) is 0 Å². The predicted octanol–water partition coefficient (Wildman–Crippen LogP) is 1.88. The zero-order valence-electron chi connectivity index (χ0n) is 11.1. The lowest BCUT2D eigenvalue weighted by molar-refractivity contribution is -0.143. The van der Waals surface area contributed by atoms with Crippen LogP contribution in [0.4, 0.5) is 0 Å². The summed E-state index contributed by atoms with van der Waals surface area (Å²) in [5.74, 6) is 1.62. The minimum Gasteiger partial charge on any atom is -0.466 e. The molecular formula is C14H23NO3. The largest absolute Gasteiger partial charge is 0.466 e. The molecule has 0 aromatic carbocycles. The Kier molecular flexibility index (Phi) is 4.61. The number of carbonyl (C=O) groups is 2. The topological polar surface area (TPSA) is 55.4 Å². The standard InChI is InChI=1S/C14H23NO3/c1-2-18-12(16)8-5-9-15-14(17)13-10-6-3-4-7-11(10)13/h10-11,13H,2-9H2,1H3,(H,15,17). The van der Waals surface area contributed by atoms with Crippen LogP contribution in [-0.2, 0) is 14.3 Å². The van der Waals surface area contributed by atoms with Gasteiger partial charge in [0.05, 0.1) is 6.61 Å². The lowest BCUT2D eigenvalue weighted by Crippen LogP contribution is -2.27. The summed E-state index contributed by atoms with van der Waals surface area (Å²) in [6.45, 7) is 2.82. The molecule has 1 N–H and O–H groups in total. The van der Waals surface area contributed by atoms with Gasteiger partial charge in [0, 0.05) is 18.9 Å². The highest BCUT2D eigenvalue weighted by molar-refractivity contribution is 5.82. The van der Waals surface area contributed by atoms with Crippen LogP contribution < -0.4 is 5.32 Å². The lowest BCUT2D eigenvalue weighted by atomic mass is 10.0. The van der Waals surface area contributed by atoms with E-state index in [0.29, 0.717) is 37.8 Å².